The number of aromatic nitrogens is 3. The van der Waals surface area contributed by atoms with Crippen LogP contribution in [0, 0.1) is 0 Å². The molecule has 0 N–H and O–H groups in total. The number of ether oxygens (including phenoxy) is 2. The van der Waals surface area contributed by atoms with Crippen LogP contribution in [0.4, 0.5) is 5.95 Å². The van der Waals surface area contributed by atoms with Gasteiger partial charge in [0.15, 0.2) is 0 Å². The highest BCUT2D eigenvalue weighted by Crippen LogP contribution is 2.25. The highest BCUT2D eigenvalue weighted by molar-refractivity contribution is 9.09. The van der Waals surface area contributed by atoms with Crippen LogP contribution >= 0.6 is 15.9 Å². The van der Waals surface area contributed by atoms with Gasteiger partial charge in [-0.15, -0.1) is 4.98 Å². The van der Waals surface area contributed by atoms with Crippen LogP contribution in [0.15, 0.2) is 0 Å². The maximum atomic E-state index is 5.05. The number of anilines is 1. The third-order valence-corrected chi connectivity index (χ3v) is 3.51. The minimum atomic E-state index is 0.284. The van der Waals surface area contributed by atoms with E-state index in [9.17, 15) is 0 Å². The van der Waals surface area contributed by atoms with E-state index >= 15 is 0 Å². The van der Waals surface area contributed by atoms with Crippen molar-refractivity contribution in [2.75, 3.05) is 31.0 Å². The Kier molecular flexibility index (Phi) is 3.98. The summed E-state index contributed by atoms with van der Waals surface area (Å²) in [5, 5.41) is 0.906. The first-order chi connectivity index (χ1) is 8.28. The van der Waals surface area contributed by atoms with Crippen molar-refractivity contribution in [1.82, 2.24) is 15.0 Å². The molecular formula is C10H15BrN4O2. The van der Waals surface area contributed by atoms with Gasteiger partial charge in [0, 0.05) is 17.9 Å². The Balaban J connectivity index is 2.30. The molecule has 0 aliphatic carbocycles. The van der Waals surface area contributed by atoms with Crippen LogP contribution in [0.3, 0.4) is 0 Å². The molecule has 94 valence electrons. The van der Waals surface area contributed by atoms with E-state index in [4.69, 9.17) is 9.47 Å². The summed E-state index contributed by atoms with van der Waals surface area (Å²) in [4.78, 5) is 14.7. The Morgan fingerprint density at radius 1 is 1.24 bits per heavy atom. The molecule has 0 spiro atoms. The zero-order valence-electron chi connectivity index (χ0n) is 9.89. The smallest absolute Gasteiger partial charge is 0.324 e. The Labute approximate surface area is 108 Å². The summed E-state index contributed by atoms with van der Waals surface area (Å²) in [6, 6.07) is 0.992. The average Bonchev–Trinajstić information content (AvgIpc) is 2.86. The highest BCUT2D eigenvalue weighted by Gasteiger charge is 2.26. The van der Waals surface area contributed by atoms with Crippen LogP contribution in [0.1, 0.15) is 12.8 Å². The Bertz CT molecular complexity index is 368. The Hall–Kier alpha value is -1.11. The summed E-state index contributed by atoms with van der Waals surface area (Å²) >= 11 is 3.51. The summed E-state index contributed by atoms with van der Waals surface area (Å²) in [6.07, 6.45) is 2.29. The van der Waals surface area contributed by atoms with Crippen LogP contribution in [0.25, 0.3) is 0 Å². The van der Waals surface area contributed by atoms with E-state index in [1.807, 2.05) is 0 Å². The molecule has 1 aliphatic heterocycles. The molecule has 6 nitrogen and oxygen atoms in total. The molecule has 0 amide bonds. The normalized spacial score (nSPS) is 19.5. The lowest BCUT2D eigenvalue weighted by atomic mass is 10.2. The van der Waals surface area contributed by atoms with Gasteiger partial charge in [-0.2, -0.15) is 9.97 Å². The fourth-order valence-electron chi connectivity index (χ4n) is 1.90. The Morgan fingerprint density at radius 3 is 2.41 bits per heavy atom. The number of hydrogen-bond donors (Lipinski definition) is 0. The van der Waals surface area contributed by atoms with Crippen molar-refractivity contribution < 1.29 is 9.47 Å². The molecule has 1 saturated heterocycles. The fraction of sp³-hybridized carbons (Fsp3) is 0.700. The van der Waals surface area contributed by atoms with Crippen molar-refractivity contribution in [3.05, 3.63) is 0 Å². The van der Waals surface area contributed by atoms with E-state index in [0.717, 1.165) is 24.7 Å². The van der Waals surface area contributed by atoms with Crippen LogP contribution in [-0.4, -0.2) is 47.1 Å². The fourth-order valence-corrected chi connectivity index (χ4v) is 2.57. The Morgan fingerprint density at radius 2 is 1.88 bits per heavy atom. The van der Waals surface area contributed by atoms with Gasteiger partial charge in [-0.25, -0.2) is 0 Å². The molecule has 0 radical (unpaired) electrons. The molecule has 0 saturated carbocycles. The lowest BCUT2D eigenvalue weighted by molar-refractivity contribution is 0.339. The van der Waals surface area contributed by atoms with Crippen LogP contribution < -0.4 is 14.4 Å². The van der Waals surface area contributed by atoms with Crippen molar-refractivity contribution in [2.24, 2.45) is 0 Å². The molecule has 1 fully saturated rings. The topological polar surface area (TPSA) is 60.4 Å². The zero-order chi connectivity index (χ0) is 12.3. The SMILES string of the molecule is COc1nc(OC)nc(N2CCCC2CBr)n1. The third-order valence-electron chi connectivity index (χ3n) is 2.76. The first kappa shape index (κ1) is 12.3. The molecule has 2 rings (SSSR count). The number of rotatable bonds is 4. The molecule has 0 aromatic carbocycles. The minimum Gasteiger partial charge on any atom is -0.467 e. The first-order valence-corrected chi connectivity index (χ1v) is 6.57. The molecule has 2 heterocycles. The van der Waals surface area contributed by atoms with Crippen molar-refractivity contribution in [3.63, 3.8) is 0 Å². The van der Waals surface area contributed by atoms with Crippen molar-refractivity contribution >= 4 is 21.9 Å². The molecule has 1 aromatic heterocycles. The molecule has 17 heavy (non-hydrogen) atoms. The summed E-state index contributed by atoms with van der Waals surface area (Å²) in [6.45, 7) is 0.951. The highest BCUT2D eigenvalue weighted by atomic mass is 79.9. The molecule has 1 aliphatic rings. The predicted molar refractivity (Wildman–Crippen MR) is 67.1 cm³/mol. The first-order valence-electron chi connectivity index (χ1n) is 5.45. The molecule has 1 unspecified atom stereocenters. The second-order valence-corrected chi connectivity index (χ2v) is 4.40. The van der Waals surface area contributed by atoms with E-state index in [-0.39, 0.29) is 12.0 Å². The molecular weight excluding hydrogens is 288 g/mol. The number of methoxy groups -OCH3 is 2. The molecule has 7 heteroatoms. The van der Waals surface area contributed by atoms with Gasteiger partial charge in [-0.05, 0) is 12.8 Å². The van der Waals surface area contributed by atoms with Gasteiger partial charge in [-0.1, -0.05) is 15.9 Å². The second kappa shape index (κ2) is 5.48. The van der Waals surface area contributed by atoms with E-state index in [0.29, 0.717) is 12.0 Å². The second-order valence-electron chi connectivity index (χ2n) is 3.75. The van der Waals surface area contributed by atoms with E-state index in [1.54, 1.807) is 0 Å². The van der Waals surface area contributed by atoms with Crippen LogP contribution in [0.2, 0.25) is 0 Å². The standard InChI is InChI=1S/C10H15BrN4O2/c1-16-9-12-8(13-10(14-9)17-2)15-5-3-4-7(15)6-11/h7H,3-6H2,1-2H3. The van der Waals surface area contributed by atoms with Gasteiger partial charge in [0.1, 0.15) is 0 Å². The van der Waals surface area contributed by atoms with Gasteiger partial charge in [-0.3, -0.25) is 0 Å². The third kappa shape index (κ3) is 2.59. The maximum absolute atomic E-state index is 5.05. The predicted octanol–water partition coefficient (Wildman–Crippen LogP) is 1.25. The monoisotopic (exact) mass is 302 g/mol. The van der Waals surface area contributed by atoms with Crippen molar-refractivity contribution in [3.8, 4) is 12.0 Å². The van der Waals surface area contributed by atoms with Gasteiger partial charge in [0.05, 0.1) is 14.2 Å². The number of alkyl halides is 1. The summed E-state index contributed by atoms with van der Waals surface area (Å²) in [5.74, 6) is 0.621. The lowest BCUT2D eigenvalue weighted by Gasteiger charge is -2.22. The summed E-state index contributed by atoms with van der Waals surface area (Å²) < 4.78 is 10.1. The minimum absolute atomic E-state index is 0.284. The number of nitrogens with zero attached hydrogens (tertiary/aromatic N) is 4. The quantitative estimate of drug-likeness (QED) is 0.780. The van der Waals surface area contributed by atoms with Gasteiger partial charge in [0.2, 0.25) is 5.95 Å². The van der Waals surface area contributed by atoms with Crippen LogP contribution in [-0.2, 0) is 0 Å². The van der Waals surface area contributed by atoms with E-state index in [1.165, 1.54) is 14.2 Å². The van der Waals surface area contributed by atoms with E-state index < -0.39 is 0 Å². The summed E-state index contributed by atoms with van der Waals surface area (Å²) in [7, 11) is 3.06. The van der Waals surface area contributed by atoms with Gasteiger partial charge >= 0.3 is 12.0 Å². The largest absolute Gasteiger partial charge is 0.467 e. The zero-order valence-corrected chi connectivity index (χ0v) is 11.5. The average molecular weight is 303 g/mol. The number of halogens is 1. The summed E-state index contributed by atoms with van der Waals surface area (Å²) in [5.41, 5.74) is 0. The van der Waals surface area contributed by atoms with Gasteiger partial charge < -0.3 is 14.4 Å². The molecule has 1 aromatic rings. The molecule has 0 bridgehead atoms. The maximum Gasteiger partial charge on any atom is 0.324 e. The van der Waals surface area contributed by atoms with E-state index in [2.05, 4.69) is 35.8 Å². The van der Waals surface area contributed by atoms with Gasteiger partial charge in [0.25, 0.3) is 0 Å². The lowest BCUT2D eigenvalue weighted by Crippen LogP contribution is -2.32. The van der Waals surface area contributed by atoms with Crippen LogP contribution in [0.5, 0.6) is 12.0 Å². The molecule has 1 atom stereocenters. The van der Waals surface area contributed by atoms with Crippen molar-refractivity contribution in [2.45, 2.75) is 18.9 Å². The number of hydrogen-bond acceptors (Lipinski definition) is 6. The van der Waals surface area contributed by atoms with Crippen molar-refractivity contribution in [1.29, 1.82) is 0 Å².